The summed E-state index contributed by atoms with van der Waals surface area (Å²) in [4.78, 5) is 61.0. The molecule has 0 bridgehead atoms. The quantitative estimate of drug-likeness (QED) is 0.170. The molecule has 0 aromatic carbocycles. The monoisotopic (exact) mass is 531 g/mol. The Bertz CT molecular complexity index is 1170. The molecule has 10 N–H and O–H groups in total. The van der Waals surface area contributed by atoms with E-state index in [-0.39, 0.29) is 6.42 Å². The highest BCUT2D eigenvalue weighted by Gasteiger charge is 2.60. The van der Waals surface area contributed by atoms with Crippen molar-refractivity contribution in [3.63, 3.8) is 0 Å². The van der Waals surface area contributed by atoms with Crippen LogP contribution in [0, 0.1) is 0 Å². The Labute approximate surface area is 205 Å². The van der Waals surface area contributed by atoms with Gasteiger partial charge in [-0.15, -0.1) is 0 Å². The molecule has 3 saturated heterocycles. The Kier molecular flexibility index (Phi) is 7.33. The van der Waals surface area contributed by atoms with Gasteiger partial charge >= 0.3 is 23.7 Å². The number of aromatic nitrogens is 2. The lowest BCUT2D eigenvalue weighted by Crippen LogP contribution is -2.68. The number of fused-ring (bicyclic) bond motifs is 1. The van der Waals surface area contributed by atoms with Crippen LogP contribution >= 0.6 is 0 Å². The predicted molar refractivity (Wildman–Crippen MR) is 114 cm³/mol. The number of nitrogens with zero attached hydrogens (tertiary/aromatic N) is 1. The van der Waals surface area contributed by atoms with Crippen molar-refractivity contribution in [3.8, 4) is 0 Å². The number of hydrogen-bond donors (Lipinski definition) is 8. The third-order valence-electron chi connectivity index (χ3n) is 6.31. The number of aliphatic carboxylic acids is 2. The topological polar surface area (TPSA) is 288 Å². The molecule has 1 aromatic heterocycles. The van der Waals surface area contributed by atoms with Crippen LogP contribution in [-0.4, -0.2) is 109 Å². The van der Waals surface area contributed by atoms with Gasteiger partial charge in [0.2, 0.25) is 0 Å². The number of carboxylic acids is 2. The Morgan fingerprint density at radius 1 is 1.08 bits per heavy atom. The number of carboxylic acid groups (broad SMARTS) is 2. The number of rotatable bonds is 6. The molecule has 0 aliphatic carbocycles. The average Bonchev–Trinajstić information content (AvgIpc) is 3.13. The SMILES string of the molecule is NC(=O)N[C@H]1[C@H]2O[C@@H](n3ccc(=O)[nH]c3=O)[C@H](O)[C@@H]2O[C@H](C(=O)O)[C@@H]1O[C@@H]1O[C@H](C(=O)O)C[C@H](N)[C@H]1O. The van der Waals surface area contributed by atoms with Crippen molar-refractivity contribution < 1.29 is 53.8 Å². The third kappa shape index (κ3) is 5.07. The summed E-state index contributed by atoms with van der Waals surface area (Å²) in [7, 11) is 0. The summed E-state index contributed by atoms with van der Waals surface area (Å²) in [5.41, 5.74) is 9.39. The first kappa shape index (κ1) is 26.7. The highest BCUT2D eigenvalue weighted by Crippen LogP contribution is 2.39. The van der Waals surface area contributed by atoms with E-state index >= 15 is 0 Å². The van der Waals surface area contributed by atoms with Crippen LogP contribution in [0.15, 0.2) is 21.9 Å². The molecule has 18 heteroatoms. The zero-order valence-corrected chi connectivity index (χ0v) is 18.8. The number of nitrogens with two attached hydrogens (primary N) is 2. The molecule has 2 amide bonds. The van der Waals surface area contributed by atoms with Crippen molar-refractivity contribution in [3.05, 3.63) is 33.1 Å². The molecule has 18 nitrogen and oxygen atoms in total. The summed E-state index contributed by atoms with van der Waals surface area (Å²) in [5.74, 6) is -3.03. The van der Waals surface area contributed by atoms with Gasteiger partial charge in [0.25, 0.3) is 5.56 Å². The van der Waals surface area contributed by atoms with Gasteiger partial charge in [0, 0.05) is 24.7 Å². The summed E-state index contributed by atoms with van der Waals surface area (Å²) < 4.78 is 23.0. The van der Waals surface area contributed by atoms with E-state index in [0.29, 0.717) is 0 Å². The molecule has 0 spiro atoms. The fourth-order valence-corrected chi connectivity index (χ4v) is 4.60. The predicted octanol–water partition coefficient (Wildman–Crippen LogP) is -5.04. The van der Waals surface area contributed by atoms with Gasteiger partial charge in [-0.3, -0.25) is 14.3 Å². The van der Waals surface area contributed by atoms with Crippen LogP contribution in [0.25, 0.3) is 0 Å². The van der Waals surface area contributed by atoms with Crippen molar-refractivity contribution in [1.29, 1.82) is 0 Å². The summed E-state index contributed by atoms with van der Waals surface area (Å²) in [6, 6.07) is -2.77. The first-order chi connectivity index (χ1) is 17.4. The van der Waals surface area contributed by atoms with E-state index in [1.165, 1.54) is 0 Å². The number of urea groups is 1. The number of primary amides is 1. The number of aliphatic hydroxyl groups excluding tert-OH is 2. The Hall–Kier alpha value is -3.39. The Morgan fingerprint density at radius 2 is 1.78 bits per heavy atom. The van der Waals surface area contributed by atoms with E-state index in [4.69, 9.17) is 30.4 Å². The van der Waals surface area contributed by atoms with Crippen LogP contribution in [0.1, 0.15) is 12.6 Å². The first-order valence-electron chi connectivity index (χ1n) is 11.0. The zero-order valence-electron chi connectivity index (χ0n) is 18.8. The highest BCUT2D eigenvalue weighted by molar-refractivity contribution is 5.75. The molecule has 37 heavy (non-hydrogen) atoms. The molecule has 4 heterocycles. The number of nitrogens with one attached hydrogen (secondary N) is 2. The number of amides is 2. The first-order valence-corrected chi connectivity index (χ1v) is 11.0. The number of hydrogen-bond acceptors (Lipinski definition) is 12. The summed E-state index contributed by atoms with van der Waals surface area (Å²) >= 11 is 0. The normalized spacial score (nSPS) is 39.5. The number of carbonyl (C=O) groups is 3. The molecular formula is C19H25N5O13. The van der Waals surface area contributed by atoms with E-state index in [2.05, 4.69) is 5.32 Å². The molecule has 3 aliphatic heterocycles. The molecule has 1 aromatic rings. The van der Waals surface area contributed by atoms with Gasteiger partial charge in [0.05, 0.1) is 6.04 Å². The fourth-order valence-electron chi connectivity index (χ4n) is 4.60. The maximum atomic E-state index is 12.3. The number of carbonyl (C=O) groups excluding carboxylic acids is 1. The number of H-pyrrole nitrogens is 1. The van der Waals surface area contributed by atoms with Crippen molar-refractivity contribution >= 4 is 18.0 Å². The second-order valence-corrected chi connectivity index (χ2v) is 8.72. The second kappa shape index (κ2) is 10.2. The Morgan fingerprint density at radius 3 is 2.38 bits per heavy atom. The number of ether oxygens (including phenoxy) is 4. The van der Waals surface area contributed by atoms with Crippen LogP contribution in [-0.2, 0) is 28.5 Å². The molecule has 204 valence electrons. The molecule has 4 rings (SSSR count). The molecule has 0 radical (unpaired) electrons. The van der Waals surface area contributed by atoms with Crippen molar-refractivity contribution in [2.24, 2.45) is 11.5 Å². The van der Waals surface area contributed by atoms with Crippen LogP contribution in [0.2, 0.25) is 0 Å². The van der Waals surface area contributed by atoms with Crippen LogP contribution in [0.4, 0.5) is 4.79 Å². The van der Waals surface area contributed by atoms with Crippen LogP contribution in [0.3, 0.4) is 0 Å². The van der Waals surface area contributed by atoms with Crippen molar-refractivity contribution in [2.45, 2.75) is 73.8 Å². The summed E-state index contributed by atoms with van der Waals surface area (Å²) in [5, 5.41) is 42.6. The van der Waals surface area contributed by atoms with Gasteiger partial charge in [-0.25, -0.2) is 19.2 Å². The highest BCUT2D eigenvalue weighted by atomic mass is 16.7. The zero-order chi connectivity index (χ0) is 27.2. The maximum absolute atomic E-state index is 12.3. The lowest BCUT2D eigenvalue weighted by Gasteiger charge is -2.45. The summed E-state index contributed by atoms with van der Waals surface area (Å²) in [6.07, 6.45) is -13.7. The minimum Gasteiger partial charge on any atom is -0.479 e. The van der Waals surface area contributed by atoms with Gasteiger partial charge in [0.15, 0.2) is 24.7 Å². The van der Waals surface area contributed by atoms with Gasteiger partial charge in [-0.2, -0.15) is 0 Å². The van der Waals surface area contributed by atoms with E-state index < -0.39 is 96.5 Å². The molecule has 3 aliphatic rings. The smallest absolute Gasteiger partial charge is 0.335 e. The lowest BCUT2D eigenvalue weighted by molar-refractivity contribution is -0.293. The van der Waals surface area contributed by atoms with Crippen LogP contribution in [0.5, 0.6) is 0 Å². The van der Waals surface area contributed by atoms with E-state index in [9.17, 15) is 44.4 Å². The van der Waals surface area contributed by atoms with Gasteiger partial charge in [0.1, 0.15) is 30.5 Å². The molecule has 0 saturated carbocycles. The van der Waals surface area contributed by atoms with Gasteiger partial charge < -0.3 is 56.2 Å². The standard InChI is InChI=1S/C19H25N5O13/c20-4-3-5(15(28)29)34-17(8(4)26)37-11-7(23-18(21)32)10-12(35-13(11)16(30)31)9(27)14(36-10)24-2-1-6(25)22-19(24)33/h1-2,4-5,7-14,17,26-27H,3,20H2,(H,28,29)(H,30,31)(H3,21,23,32)(H,22,25,33)/t4-,5-,7-,8+,9+,10+,11+,12-,13-,14+,17-/m0/s1. The Balaban J connectivity index is 1.68. The van der Waals surface area contributed by atoms with E-state index in [1.807, 2.05) is 4.98 Å². The fraction of sp³-hybridized carbons (Fsp3) is 0.632. The van der Waals surface area contributed by atoms with E-state index in [1.54, 1.807) is 0 Å². The van der Waals surface area contributed by atoms with Gasteiger partial charge in [-0.05, 0) is 0 Å². The largest absolute Gasteiger partial charge is 0.479 e. The van der Waals surface area contributed by atoms with Gasteiger partial charge in [-0.1, -0.05) is 0 Å². The van der Waals surface area contributed by atoms with E-state index in [0.717, 1.165) is 16.8 Å². The lowest BCUT2D eigenvalue weighted by atomic mass is 9.90. The average molecular weight is 531 g/mol. The summed E-state index contributed by atoms with van der Waals surface area (Å²) in [6.45, 7) is 0. The molecule has 11 atom stereocenters. The number of aromatic amines is 1. The third-order valence-corrected chi connectivity index (χ3v) is 6.31. The van der Waals surface area contributed by atoms with Crippen molar-refractivity contribution in [2.75, 3.05) is 0 Å². The minimum absolute atomic E-state index is 0.265. The number of aliphatic hydroxyl groups is 2. The second-order valence-electron chi connectivity index (χ2n) is 8.72. The molecule has 3 fully saturated rings. The maximum Gasteiger partial charge on any atom is 0.335 e. The van der Waals surface area contributed by atoms with Crippen molar-refractivity contribution in [1.82, 2.24) is 14.9 Å². The molecular weight excluding hydrogens is 506 g/mol. The minimum atomic E-state index is -1.93. The molecule has 0 unspecified atom stereocenters. The van der Waals surface area contributed by atoms with Crippen LogP contribution < -0.4 is 28.0 Å².